The van der Waals surface area contributed by atoms with Gasteiger partial charge in [0.05, 0.1) is 11.6 Å². The molecule has 0 fully saturated rings. The minimum Gasteiger partial charge on any atom is -0.334 e. The lowest BCUT2D eigenvalue weighted by Gasteiger charge is -2.15. The molecule has 1 atom stereocenters. The number of aromatic nitrogens is 3. The van der Waals surface area contributed by atoms with Gasteiger partial charge in [0.1, 0.15) is 5.82 Å². The molecule has 0 spiro atoms. The summed E-state index contributed by atoms with van der Waals surface area (Å²) in [6.45, 7) is 2.95. The number of benzene rings is 1. The summed E-state index contributed by atoms with van der Waals surface area (Å²) >= 11 is 0. The zero-order valence-corrected chi connectivity index (χ0v) is 10.8. The van der Waals surface area contributed by atoms with Crippen molar-refractivity contribution in [2.75, 3.05) is 0 Å². The highest BCUT2D eigenvalue weighted by atomic mass is 15.1. The highest BCUT2D eigenvalue weighted by Crippen LogP contribution is 2.25. The van der Waals surface area contributed by atoms with Gasteiger partial charge in [0.25, 0.3) is 0 Å². The fourth-order valence-corrected chi connectivity index (χ4v) is 2.40. The second kappa shape index (κ2) is 4.82. The average Bonchev–Trinajstić information content (AvgIpc) is 2.94. The average molecular weight is 252 g/mol. The van der Waals surface area contributed by atoms with Crippen LogP contribution in [0.2, 0.25) is 0 Å². The number of rotatable bonds is 3. The maximum absolute atomic E-state index is 6.39. The van der Waals surface area contributed by atoms with E-state index < -0.39 is 0 Å². The highest BCUT2D eigenvalue weighted by molar-refractivity contribution is 5.82. The SMILES string of the molecule is CCn1ccnc1C(N)c1cccc2ncccc12. The molecule has 19 heavy (non-hydrogen) atoms. The summed E-state index contributed by atoms with van der Waals surface area (Å²) in [7, 11) is 0. The van der Waals surface area contributed by atoms with Crippen LogP contribution in [0.3, 0.4) is 0 Å². The van der Waals surface area contributed by atoms with Gasteiger partial charge >= 0.3 is 0 Å². The Balaban J connectivity index is 2.14. The molecule has 0 aliphatic rings. The summed E-state index contributed by atoms with van der Waals surface area (Å²) in [6, 6.07) is 9.79. The van der Waals surface area contributed by atoms with Crippen LogP contribution in [0.4, 0.5) is 0 Å². The van der Waals surface area contributed by atoms with Gasteiger partial charge in [-0.05, 0) is 24.6 Å². The summed E-state index contributed by atoms with van der Waals surface area (Å²) in [4.78, 5) is 8.75. The molecule has 0 radical (unpaired) electrons. The molecular weight excluding hydrogens is 236 g/mol. The van der Waals surface area contributed by atoms with Gasteiger partial charge in [0.2, 0.25) is 0 Å². The molecule has 0 aliphatic carbocycles. The molecule has 4 heteroatoms. The van der Waals surface area contributed by atoms with Crippen molar-refractivity contribution in [3.8, 4) is 0 Å². The molecule has 3 rings (SSSR count). The molecule has 4 nitrogen and oxygen atoms in total. The zero-order valence-electron chi connectivity index (χ0n) is 10.8. The first-order valence-electron chi connectivity index (χ1n) is 6.41. The van der Waals surface area contributed by atoms with Gasteiger partial charge in [-0.15, -0.1) is 0 Å². The third-order valence-corrected chi connectivity index (χ3v) is 3.38. The normalized spacial score (nSPS) is 12.7. The Kier molecular flexibility index (Phi) is 3.01. The number of imidazole rings is 1. The lowest BCUT2D eigenvalue weighted by Crippen LogP contribution is -2.17. The number of nitrogens with zero attached hydrogens (tertiary/aromatic N) is 3. The van der Waals surface area contributed by atoms with Crippen LogP contribution in [0.15, 0.2) is 48.9 Å². The minimum atomic E-state index is -0.233. The van der Waals surface area contributed by atoms with Crippen LogP contribution in [0.5, 0.6) is 0 Å². The first kappa shape index (κ1) is 11.9. The van der Waals surface area contributed by atoms with Crippen molar-refractivity contribution in [1.29, 1.82) is 0 Å². The van der Waals surface area contributed by atoms with Crippen LogP contribution in [0.25, 0.3) is 10.9 Å². The predicted molar refractivity (Wildman–Crippen MR) is 75.7 cm³/mol. The Morgan fingerprint density at radius 1 is 1.16 bits per heavy atom. The van der Waals surface area contributed by atoms with E-state index in [2.05, 4.69) is 27.5 Å². The van der Waals surface area contributed by atoms with Crippen molar-refractivity contribution in [1.82, 2.24) is 14.5 Å². The Hall–Kier alpha value is -2.20. The molecule has 2 heterocycles. The van der Waals surface area contributed by atoms with Crippen LogP contribution in [-0.4, -0.2) is 14.5 Å². The third kappa shape index (κ3) is 2.00. The highest BCUT2D eigenvalue weighted by Gasteiger charge is 2.16. The predicted octanol–water partition coefficient (Wildman–Crippen LogP) is 2.50. The largest absolute Gasteiger partial charge is 0.334 e. The standard InChI is InChI=1S/C15H16N4/c1-2-19-10-9-18-15(19)14(16)12-5-3-7-13-11(12)6-4-8-17-13/h3-10,14H,2,16H2,1H3. The summed E-state index contributed by atoms with van der Waals surface area (Å²) in [5, 5.41) is 1.09. The Bertz CT molecular complexity index is 697. The van der Waals surface area contributed by atoms with Gasteiger partial charge in [-0.25, -0.2) is 4.98 Å². The number of aryl methyl sites for hydroxylation is 1. The van der Waals surface area contributed by atoms with E-state index >= 15 is 0 Å². The van der Waals surface area contributed by atoms with Crippen molar-refractivity contribution >= 4 is 10.9 Å². The van der Waals surface area contributed by atoms with Crippen LogP contribution < -0.4 is 5.73 Å². The molecule has 0 amide bonds. The molecular formula is C15H16N4. The summed E-state index contributed by atoms with van der Waals surface area (Å²) in [5.74, 6) is 0.888. The van der Waals surface area contributed by atoms with Crippen LogP contribution in [0, 0.1) is 0 Å². The van der Waals surface area contributed by atoms with Crippen LogP contribution in [0.1, 0.15) is 24.4 Å². The molecule has 2 N–H and O–H groups in total. The molecule has 2 aromatic heterocycles. The van der Waals surface area contributed by atoms with Gasteiger partial charge in [-0.1, -0.05) is 18.2 Å². The summed E-state index contributed by atoms with van der Waals surface area (Å²) in [6.07, 6.45) is 5.55. The maximum Gasteiger partial charge on any atom is 0.130 e. The van der Waals surface area contributed by atoms with Crippen LogP contribution in [-0.2, 0) is 6.54 Å². The smallest absolute Gasteiger partial charge is 0.130 e. The Morgan fingerprint density at radius 2 is 2.05 bits per heavy atom. The summed E-state index contributed by atoms with van der Waals surface area (Å²) in [5.41, 5.74) is 8.42. The maximum atomic E-state index is 6.39. The second-order valence-corrected chi connectivity index (χ2v) is 4.47. The van der Waals surface area contributed by atoms with E-state index in [0.717, 1.165) is 28.8 Å². The Labute approximate surface area is 111 Å². The topological polar surface area (TPSA) is 56.7 Å². The third-order valence-electron chi connectivity index (χ3n) is 3.38. The fraction of sp³-hybridized carbons (Fsp3) is 0.200. The molecule has 0 saturated carbocycles. The van der Waals surface area contributed by atoms with E-state index in [0.29, 0.717) is 0 Å². The number of nitrogens with two attached hydrogens (primary N) is 1. The van der Waals surface area contributed by atoms with E-state index in [1.807, 2.05) is 30.5 Å². The minimum absolute atomic E-state index is 0.233. The molecule has 1 unspecified atom stereocenters. The monoisotopic (exact) mass is 252 g/mol. The van der Waals surface area contributed by atoms with E-state index in [1.54, 1.807) is 12.4 Å². The van der Waals surface area contributed by atoms with Gasteiger partial charge in [-0.2, -0.15) is 0 Å². The van der Waals surface area contributed by atoms with E-state index in [9.17, 15) is 0 Å². The van der Waals surface area contributed by atoms with Gasteiger partial charge in [0, 0.05) is 30.5 Å². The lowest BCUT2D eigenvalue weighted by molar-refractivity contribution is 0.659. The molecule has 96 valence electrons. The van der Waals surface area contributed by atoms with Gasteiger partial charge in [0.15, 0.2) is 0 Å². The number of pyridine rings is 1. The molecule has 0 saturated heterocycles. The first-order chi connectivity index (χ1) is 9.31. The quantitative estimate of drug-likeness (QED) is 0.779. The van der Waals surface area contributed by atoms with E-state index in [-0.39, 0.29) is 6.04 Å². The molecule has 0 bridgehead atoms. The van der Waals surface area contributed by atoms with Gasteiger partial charge < -0.3 is 10.3 Å². The number of hydrogen-bond acceptors (Lipinski definition) is 3. The fourth-order valence-electron chi connectivity index (χ4n) is 2.40. The van der Waals surface area contributed by atoms with Crippen molar-refractivity contribution in [3.63, 3.8) is 0 Å². The van der Waals surface area contributed by atoms with Crippen molar-refractivity contribution in [3.05, 3.63) is 60.3 Å². The summed E-state index contributed by atoms with van der Waals surface area (Å²) < 4.78 is 2.07. The van der Waals surface area contributed by atoms with Crippen molar-refractivity contribution in [2.45, 2.75) is 19.5 Å². The van der Waals surface area contributed by atoms with E-state index in [1.165, 1.54) is 0 Å². The van der Waals surface area contributed by atoms with Crippen LogP contribution >= 0.6 is 0 Å². The first-order valence-corrected chi connectivity index (χ1v) is 6.41. The van der Waals surface area contributed by atoms with Crippen molar-refractivity contribution < 1.29 is 0 Å². The lowest BCUT2D eigenvalue weighted by atomic mass is 10.0. The Morgan fingerprint density at radius 3 is 2.89 bits per heavy atom. The molecule has 0 aliphatic heterocycles. The van der Waals surface area contributed by atoms with Gasteiger partial charge in [-0.3, -0.25) is 4.98 Å². The number of hydrogen-bond donors (Lipinski definition) is 1. The van der Waals surface area contributed by atoms with E-state index in [4.69, 9.17) is 5.73 Å². The molecule has 1 aromatic carbocycles. The molecule has 3 aromatic rings. The number of fused-ring (bicyclic) bond motifs is 1. The zero-order chi connectivity index (χ0) is 13.2. The second-order valence-electron chi connectivity index (χ2n) is 4.47. The van der Waals surface area contributed by atoms with Crippen molar-refractivity contribution in [2.24, 2.45) is 5.73 Å².